The molecule has 2 heteroatoms. The summed E-state index contributed by atoms with van der Waals surface area (Å²) in [4.78, 5) is 1.31. The van der Waals surface area contributed by atoms with Gasteiger partial charge in [-0.25, -0.2) is 0 Å². The average Bonchev–Trinajstić information content (AvgIpc) is 2.80. The van der Waals surface area contributed by atoms with Crippen molar-refractivity contribution < 1.29 is 0 Å². The summed E-state index contributed by atoms with van der Waals surface area (Å²) < 4.78 is 0. The van der Waals surface area contributed by atoms with E-state index in [1.807, 2.05) is 23.5 Å². The summed E-state index contributed by atoms with van der Waals surface area (Å²) in [7, 11) is 0. The molecule has 0 N–H and O–H groups in total. The van der Waals surface area contributed by atoms with E-state index >= 15 is 0 Å². The maximum absolute atomic E-state index is 2.28. The van der Waals surface area contributed by atoms with Crippen LogP contribution in [-0.2, 0) is 0 Å². The van der Waals surface area contributed by atoms with Gasteiger partial charge in [-0.2, -0.15) is 11.8 Å². The quantitative estimate of drug-likeness (QED) is 0.172. The van der Waals surface area contributed by atoms with Crippen LogP contribution in [-0.4, -0.2) is 18.3 Å². The Bertz CT molecular complexity index is 1190. The van der Waals surface area contributed by atoms with Gasteiger partial charge in [-0.15, -0.1) is 11.8 Å². The molecule has 30 heavy (non-hydrogen) atoms. The lowest BCUT2D eigenvalue weighted by molar-refractivity contribution is 1.47. The molecule has 0 nitrogen and oxygen atoms in total. The number of thioether (sulfide) groups is 2. The zero-order valence-electron chi connectivity index (χ0n) is 17.7. The predicted octanol–water partition coefficient (Wildman–Crippen LogP) is 8.70. The van der Waals surface area contributed by atoms with Crippen molar-refractivity contribution in [2.45, 2.75) is 11.8 Å². The molecule has 4 aromatic carbocycles. The third-order valence-corrected chi connectivity index (χ3v) is 6.81. The van der Waals surface area contributed by atoms with Crippen LogP contribution in [0.2, 0.25) is 0 Å². The Morgan fingerprint density at radius 1 is 0.767 bits per heavy atom. The second-order valence-electron chi connectivity index (χ2n) is 7.19. The summed E-state index contributed by atoms with van der Waals surface area (Å²) in [6.07, 6.45) is 10.9. The van der Waals surface area contributed by atoms with Gasteiger partial charge in [0.05, 0.1) is 0 Å². The summed E-state index contributed by atoms with van der Waals surface area (Å²) in [5, 5.41) is 5.29. The topological polar surface area (TPSA) is 0 Å². The lowest BCUT2D eigenvalue weighted by Gasteiger charge is -2.20. The summed E-state index contributed by atoms with van der Waals surface area (Å²) in [5.41, 5.74) is 5.38. The van der Waals surface area contributed by atoms with E-state index in [4.69, 9.17) is 0 Å². The predicted molar refractivity (Wildman–Crippen MR) is 140 cm³/mol. The number of benzene rings is 4. The molecule has 0 spiro atoms. The minimum atomic E-state index is 0.985. The van der Waals surface area contributed by atoms with Gasteiger partial charge in [-0.3, -0.25) is 0 Å². The molecule has 0 aliphatic carbocycles. The Morgan fingerprint density at radius 3 is 1.90 bits per heavy atom. The van der Waals surface area contributed by atoms with Crippen LogP contribution in [0.1, 0.15) is 12.5 Å². The van der Waals surface area contributed by atoms with Gasteiger partial charge < -0.3 is 0 Å². The average molecular weight is 427 g/mol. The Balaban J connectivity index is 2.19. The van der Waals surface area contributed by atoms with E-state index < -0.39 is 0 Å². The molecule has 150 valence electrons. The van der Waals surface area contributed by atoms with E-state index in [1.54, 1.807) is 0 Å². The molecule has 0 heterocycles. The second kappa shape index (κ2) is 9.59. The number of hydrogen-bond donors (Lipinski definition) is 0. The molecule has 0 saturated carbocycles. The van der Waals surface area contributed by atoms with Crippen molar-refractivity contribution >= 4 is 50.6 Å². The highest BCUT2D eigenvalue weighted by Crippen LogP contribution is 2.44. The highest BCUT2D eigenvalue weighted by Gasteiger charge is 2.18. The van der Waals surface area contributed by atoms with E-state index in [1.165, 1.54) is 48.7 Å². The van der Waals surface area contributed by atoms with Crippen molar-refractivity contribution in [2.75, 3.05) is 18.3 Å². The number of fused-ring (bicyclic) bond motifs is 2. The third kappa shape index (κ3) is 3.82. The lowest BCUT2D eigenvalue weighted by atomic mass is 9.86. The molecule has 0 radical (unpaired) electrons. The first-order valence-electron chi connectivity index (χ1n) is 10.2. The number of rotatable bonds is 6. The largest absolute Gasteiger partial charge is 0.161 e. The highest BCUT2D eigenvalue weighted by atomic mass is 32.2. The van der Waals surface area contributed by atoms with Crippen LogP contribution >= 0.6 is 23.5 Å². The monoisotopic (exact) mass is 426 g/mol. The Labute approximate surface area is 188 Å². The zero-order chi connectivity index (χ0) is 20.9. The molecule has 4 rings (SSSR count). The first-order valence-corrected chi connectivity index (χ1v) is 12.8. The van der Waals surface area contributed by atoms with Crippen molar-refractivity contribution in [3.05, 3.63) is 96.6 Å². The standard InChI is InChI=1S/C28H26S2/c1-4-5-12-20(19-29-2)27-21-13-6-8-15-23(21)28(24-16-9-7-14-22(24)27)25-17-10-11-18-26(25)30-3/h4-18H,19H2,1-3H3/b5-4-,20-12+. The highest BCUT2D eigenvalue weighted by molar-refractivity contribution is 7.99. The summed E-state index contributed by atoms with van der Waals surface area (Å²) in [6.45, 7) is 2.08. The van der Waals surface area contributed by atoms with Crippen molar-refractivity contribution in [3.63, 3.8) is 0 Å². The van der Waals surface area contributed by atoms with Crippen LogP contribution in [0.15, 0.2) is 95.9 Å². The van der Waals surface area contributed by atoms with Crippen molar-refractivity contribution in [2.24, 2.45) is 0 Å². The summed E-state index contributed by atoms with van der Waals surface area (Å²) in [6, 6.07) is 26.6. The van der Waals surface area contributed by atoms with Gasteiger partial charge in [-0.1, -0.05) is 85.0 Å². The summed E-state index contributed by atoms with van der Waals surface area (Å²) >= 11 is 3.69. The van der Waals surface area contributed by atoms with Crippen molar-refractivity contribution in [3.8, 4) is 11.1 Å². The van der Waals surface area contributed by atoms with Gasteiger partial charge in [0.1, 0.15) is 0 Å². The molecular formula is C28H26S2. The van der Waals surface area contributed by atoms with E-state index in [-0.39, 0.29) is 0 Å². The molecule has 0 aliphatic heterocycles. The maximum atomic E-state index is 2.28. The molecule has 0 fully saturated rings. The van der Waals surface area contributed by atoms with Crippen LogP contribution in [0.4, 0.5) is 0 Å². The van der Waals surface area contributed by atoms with E-state index in [2.05, 4.69) is 110 Å². The Morgan fingerprint density at radius 2 is 1.33 bits per heavy atom. The molecular weight excluding hydrogens is 400 g/mol. The molecule has 0 atom stereocenters. The molecule has 0 aliphatic rings. The lowest BCUT2D eigenvalue weighted by Crippen LogP contribution is -1.96. The SMILES string of the molecule is C/C=C\C=C(/CSC)c1c2ccccc2c(-c2ccccc2SC)c2ccccc12. The Hall–Kier alpha value is -2.42. The van der Waals surface area contributed by atoms with Crippen molar-refractivity contribution in [1.82, 2.24) is 0 Å². The first kappa shape index (κ1) is 20.8. The maximum Gasteiger partial charge on any atom is 0.0188 e. The van der Waals surface area contributed by atoms with Gasteiger partial charge >= 0.3 is 0 Å². The molecule has 0 saturated heterocycles. The molecule has 0 bridgehead atoms. The van der Waals surface area contributed by atoms with Crippen LogP contribution in [0.5, 0.6) is 0 Å². The zero-order valence-corrected chi connectivity index (χ0v) is 19.3. The van der Waals surface area contributed by atoms with E-state index in [0.717, 1.165) is 5.75 Å². The van der Waals surface area contributed by atoms with Gasteiger partial charge in [0.25, 0.3) is 0 Å². The molecule has 0 amide bonds. The minimum Gasteiger partial charge on any atom is -0.161 e. The second-order valence-corrected chi connectivity index (χ2v) is 8.91. The molecule has 4 aromatic rings. The van der Waals surface area contributed by atoms with Crippen molar-refractivity contribution in [1.29, 1.82) is 0 Å². The smallest absolute Gasteiger partial charge is 0.0188 e. The number of allylic oxidation sites excluding steroid dienone is 3. The minimum absolute atomic E-state index is 0.985. The molecule has 0 unspecified atom stereocenters. The fourth-order valence-electron chi connectivity index (χ4n) is 4.19. The van der Waals surface area contributed by atoms with Gasteiger partial charge in [-0.05, 0) is 69.3 Å². The van der Waals surface area contributed by atoms with Gasteiger partial charge in [0.2, 0.25) is 0 Å². The van der Waals surface area contributed by atoms with Crippen LogP contribution in [0.25, 0.3) is 38.2 Å². The molecule has 0 aromatic heterocycles. The van der Waals surface area contributed by atoms with Crippen LogP contribution in [0, 0.1) is 0 Å². The van der Waals surface area contributed by atoms with E-state index in [9.17, 15) is 0 Å². The first-order chi connectivity index (χ1) is 14.8. The normalized spacial score (nSPS) is 12.3. The third-order valence-electron chi connectivity index (χ3n) is 5.42. The number of hydrogen-bond acceptors (Lipinski definition) is 2. The van der Waals surface area contributed by atoms with Crippen LogP contribution in [0.3, 0.4) is 0 Å². The fraction of sp³-hybridized carbons (Fsp3) is 0.143. The van der Waals surface area contributed by atoms with Gasteiger partial charge in [0, 0.05) is 10.6 Å². The Kier molecular flexibility index (Phi) is 6.66. The van der Waals surface area contributed by atoms with Gasteiger partial charge in [0.15, 0.2) is 0 Å². The summed E-state index contributed by atoms with van der Waals surface area (Å²) in [5.74, 6) is 0.985. The fourth-order valence-corrected chi connectivity index (χ4v) is 5.34. The van der Waals surface area contributed by atoms with E-state index in [0.29, 0.717) is 0 Å². The van der Waals surface area contributed by atoms with Crippen LogP contribution < -0.4 is 0 Å².